The van der Waals surface area contributed by atoms with E-state index in [0.29, 0.717) is 13.1 Å². The molecule has 5 rings (SSSR count). The Kier molecular flexibility index (Phi) is 7.30. The molecule has 0 radical (unpaired) electrons. The predicted octanol–water partition coefficient (Wildman–Crippen LogP) is 10.0. The van der Waals surface area contributed by atoms with Gasteiger partial charge in [-0.25, -0.2) is 0 Å². The van der Waals surface area contributed by atoms with Crippen molar-refractivity contribution in [3.8, 4) is 43.1 Å². The third-order valence-corrected chi connectivity index (χ3v) is 7.39. The van der Waals surface area contributed by atoms with E-state index < -0.39 is 0 Å². The molecule has 178 valence electrons. The first-order chi connectivity index (χ1) is 18.3. The minimum Gasteiger partial charge on any atom is -0.134 e. The summed E-state index contributed by atoms with van der Waals surface area (Å²) in [7, 11) is 0. The van der Waals surface area contributed by atoms with Crippen LogP contribution in [0.1, 0.15) is 11.1 Å². The Hall–Kier alpha value is -4.80. The van der Waals surface area contributed by atoms with Crippen LogP contribution in [0.4, 0.5) is 0 Å². The van der Waals surface area contributed by atoms with Crippen molar-refractivity contribution < 1.29 is 0 Å². The van der Waals surface area contributed by atoms with Crippen LogP contribution < -0.4 is 0 Å². The molecule has 0 atom stereocenters. The molecule has 0 saturated heterocycles. The van der Waals surface area contributed by atoms with Crippen LogP contribution in [0.25, 0.3) is 64.0 Å². The maximum atomic E-state index is 8.67. The lowest BCUT2D eigenvalue weighted by atomic mass is 9.91. The van der Waals surface area contributed by atoms with Gasteiger partial charge in [-0.05, 0) is 44.4 Å². The van der Waals surface area contributed by atoms with E-state index in [-0.39, 0.29) is 0 Å². The third kappa shape index (κ3) is 5.25. The van der Waals surface area contributed by atoms with Gasteiger partial charge in [0, 0.05) is 30.7 Å². The van der Waals surface area contributed by atoms with Gasteiger partial charge < -0.3 is 0 Å². The van der Waals surface area contributed by atoms with Crippen LogP contribution in [0.15, 0.2) is 119 Å². The zero-order valence-corrected chi connectivity index (χ0v) is 20.7. The molecule has 0 fully saturated rings. The monoisotopic (exact) mass is 498 g/mol. The average molecular weight is 499 g/mol. The number of nitrogens with zero attached hydrogens (tertiary/aromatic N) is 6. The number of benzene rings is 4. The van der Waals surface area contributed by atoms with Crippen LogP contribution in [-0.4, -0.2) is 0 Å². The summed E-state index contributed by atoms with van der Waals surface area (Å²) in [6.07, 6.45) is 0. The molecule has 1 aromatic heterocycles. The summed E-state index contributed by atoms with van der Waals surface area (Å²) in [6, 6.07) is 37.4. The maximum Gasteiger partial charge on any atom is 0.0510 e. The molecule has 5 aromatic rings. The summed E-state index contributed by atoms with van der Waals surface area (Å²) in [4.78, 5) is 8.10. The highest BCUT2D eigenvalue weighted by molar-refractivity contribution is 7.20. The Bertz CT molecular complexity index is 1470. The Labute approximate surface area is 218 Å². The van der Waals surface area contributed by atoms with Crippen molar-refractivity contribution in [1.82, 2.24) is 0 Å². The molecule has 0 amide bonds. The first-order valence-corrected chi connectivity index (χ1v) is 12.6. The standard InChI is InChI=1S/C30H22N6S/c31-35-33-19-21-11-15-25(16-12-21)29-27(23-7-3-1-4-8-23)28(24-9-5-2-6-10-24)30(37-29)26-17-13-22(14-18-26)20-34-36-32/h1-18H,19-20H2. The minimum atomic E-state index is 0.329. The van der Waals surface area contributed by atoms with E-state index >= 15 is 0 Å². The van der Waals surface area contributed by atoms with Crippen LogP contribution >= 0.6 is 11.3 Å². The molecule has 0 aliphatic rings. The zero-order valence-electron chi connectivity index (χ0n) is 19.9. The van der Waals surface area contributed by atoms with Crippen molar-refractivity contribution in [3.05, 3.63) is 141 Å². The highest BCUT2D eigenvalue weighted by atomic mass is 32.1. The number of hydrogen-bond acceptors (Lipinski definition) is 3. The number of hydrogen-bond donors (Lipinski definition) is 0. The van der Waals surface area contributed by atoms with Gasteiger partial charge >= 0.3 is 0 Å². The van der Waals surface area contributed by atoms with E-state index in [1.807, 2.05) is 36.4 Å². The molecule has 37 heavy (non-hydrogen) atoms. The fraction of sp³-hybridized carbons (Fsp3) is 0.0667. The first kappa shape index (κ1) is 23.9. The van der Waals surface area contributed by atoms with E-state index in [1.54, 1.807) is 11.3 Å². The number of thiophene rings is 1. The Balaban J connectivity index is 1.74. The molecule has 1 heterocycles. The molecule has 0 N–H and O–H groups in total. The lowest BCUT2D eigenvalue weighted by Gasteiger charge is -2.11. The molecule has 6 nitrogen and oxygen atoms in total. The summed E-state index contributed by atoms with van der Waals surface area (Å²) in [5.74, 6) is 0. The lowest BCUT2D eigenvalue weighted by Crippen LogP contribution is -1.87. The van der Waals surface area contributed by atoms with Gasteiger partial charge in [-0.2, -0.15) is 0 Å². The van der Waals surface area contributed by atoms with Crippen molar-refractivity contribution in [1.29, 1.82) is 0 Å². The van der Waals surface area contributed by atoms with Gasteiger partial charge in [0.1, 0.15) is 0 Å². The van der Waals surface area contributed by atoms with Gasteiger partial charge in [0.15, 0.2) is 0 Å². The van der Waals surface area contributed by atoms with Gasteiger partial charge in [0.25, 0.3) is 0 Å². The van der Waals surface area contributed by atoms with Crippen molar-refractivity contribution in [3.63, 3.8) is 0 Å². The molecule has 0 saturated carbocycles. The van der Waals surface area contributed by atoms with Crippen molar-refractivity contribution in [2.24, 2.45) is 10.2 Å². The smallest absolute Gasteiger partial charge is 0.0510 e. The molecular formula is C30H22N6S. The lowest BCUT2D eigenvalue weighted by molar-refractivity contribution is 1.05. The second-order valence-electron chi connectivity index (χ2n) is 8.41. The van der Waals surface area contributed by atoms with Crippen LogP contribution in [0, 0.1) is 0 Å². The first-order valence-electron chi connectivity index (χ1n) is 11.8. The van der Waals surface area contributed by atoms with Gasteiger partial charge in [-0.15, -0.1) is 11.3 Å². The molecule has 0 aliphatic carbocycles. The van der Waals surface area contributed by atoms with Gasteiger partial charge in [-0.1, -0.05) is 119 Å². The molecule has 0 spiro atoms. The topological polar surface area (TPSA) is 97.5 Å². The fourth-order valence-electron chi connectivity index (χ4n) is 4.35. The highest BCUT2D eigenvalue weighted by Gasteiger charge is 2.23. The van der Waals surface area contributed by atoms with E-state index in [1.165, 1.54) is 20.9 Å². The average Bonchev–Trinajstić information content (AvgIpc) is 3.37. The zero-order chi connectivity index (χ0) is 25.5. The number of rotatable bonds is 8. The van der Waals surface area contributed by atoms with Crippen LogP contribution in [0.3, 0.4) is 0 Å². The summed E-state index contributed by atoms with van der Waals surface area (Å²) < 4.78 is 0. The fourth-order valence-corrected chi connectivity index (χ4v) is 5.70. The van der Waals surface area contributed by atoms with Crippen LogP contribution in [0.2, 0.25) is 0 Å². The Morgan fingerprint density at radius 2 is 0.865 bits per heavy atom. The van der Waals surface area contributed by atoms with Gasteiger partial charge in [-0.3, -0.25) is 0 Å². The van der Waals surface area contributed by atoms with Crippen molar-refractivity contribution >= 4 is 11.3 Å². The molecule has 0 bridgehead atoms. The summed E-state index contributed by atoms with van der Waals surface area (Å²) in [6.45, 7) is 0.658. The molecular weight excluding hydrogens is 476 g/mol. The van der Waals surface area contributed by atoms with Crippen LogP contribution in [0.5, 0.6) is 0 Å². The van der Waals surface area contributed by atoms with Gasteiger partial charge in [0.2, 0.25) is 0 Å². The van der Waals surface area contributed by atoms with Gasteiger partial charge in [0.05, 0.1) is 13.1 Å². The second-order valence-corrected chi connectivity index (χ2v) is 9.43. The van der Waals surface area contributed by atoms with E-state index in [4.69, 9.17) is 11.1 Å². The molecule has 0 unspecified atom stereocenters. The van der Waals surface area contributed by atoms with Crippen molar-refractivity contribution in [2.75, 3.05) is 0 Å². The summed E-state index contributed by atoms with van der Waals surface area (Å²) in [5.41, 5.74) is 26.2. The maximum absolute atomic E-state index is 8.67. The van der Waals surface area contributed by atoms with E-state index in [0.717, 1.165) is 33.4 Å². The van der Waals surface area contributed by atoms with E-state index in [2.05, 4.69) is 92.8 Å². The van der Waals surface area contributed by atoms with Crippen molar-refractivity contribution in [2.45, 2.75) is 13.1 Å². The number of azide groups is 2. The Morgan fingerprint density at radius 1 is 0.486 bits per heavy atom. The predicted molar refractivity (Wildman–Crippen MR) is 152 cm³/mol. The molecule has 7 heteroatoms. The minimum absolute atomic E-state index is 0.329. The molecule has 0 aliphatic heterocycles. The summed E-state index contributed by atoms with van der Waals surface area (Å²) >= 11 is 1.77. The van der Waals surface area contributed by atoms with E-state index in [9.17, 15) is 0 Å². The van der Waals surface area contributed by atoms with Crippen LogP contribution in [-0.2, 0) is 13.1 Å². The SMILES string of the molecule is [N-]=[N+]=NCc1ccc(-c2sc(-c3ccc(CN=[N+]=[N-])cc3)c(-c3ccccc3)c2-c2ccccc2)cc1. The normalized spacial score (nSPS) is 10.4. The largest absolute Gasteiger partial charge is 0.134 e. The summed E-state index contributed by atoms with van der Waals surface area (Å²) in [5, 5.41) is 7.38. The third-order valence-electron chi connectivity index (χ3n) is 6.10. The second kappa shape index (κ2) is 11.3. The highest BCUT2D eigenvalue weighted by Crippen LogP contribution is 2.51. The Morgan fingerprint density at radius 3 is 1.22 bits per heavy atom. The molecule has 4 aromatic carbocycles. The quantitative estimate of drug-likeness (QED) is 0.115.